The van der Waals surface area contributed by atoms with E-state index in [2.05, 4.69) is 41.4 Å². The number of ether oxygens (including phenoxy) is 1. The molecule has 0 amide bonds. The second-order valence-corrected chi connectivity index (χ2v) is 11.5. The molecular weight excluding hydrogens is 487 g/mol. The molecule has 0 bridgehead atoms. The van der Waals surface area contributed by atoms with Crippen LogP contribution in [0.15, 0.2) is 120 Å². The van der Waals surface area contributed by atoms with Crippen LogP contribution in [0.5, 0.6) is 0 Å². The number of nitrogens with zero attached hydrogens (tertiary/aromatic N) is 2. The zero-order chi connectivity index (χ0) is 25.0. The molecule has 36 heavy (non-hydrogen) atoms. The topological polar surface area (TPSA) is 51.5 Å². The first-order valence-corrected chi connectivity index (χ1v) is 13.8. The molecule has 5 aromatic rings. The molecule has 0 fully saturated rings. The van der Waals surface area contributed by atoms with E-state index in [1.165, 1.54) is 0 Å². The lowest BCUT2D eigenvalue weighted by Crippen LogP contribution is -2.25. The summed E-state index contributed by atoms with van der Waals surface area (Å²) in [4.78, 5) is 17.7. The average molecular weight is 511 g/mol. The number of hydrogen-bond donors (Lipinski definition) is 0. The standard InChI is InChI=1S/C30H24ClN2O2P/c1-2-35-30(34)27-28(25-20-12-13-21-26(25)32-29(27)31)33-36(22-14-6-3-7-15-22,23-16-8-4-9-17-23)24-18-10-5-11-19-24/h3-21H,2H2,1H3. The van der Waals surface area contributed by atoms with Crippen LogP contribution >= 0.6 is 18.7 Å². The molecule has 0 aliphatic carbocycles. The minimum absolute atomic E-state index is 0.0817. The summed E-state index contributed by atoms with van der Waals surface area (Å²) >= 11 is 6.65. The lowest BCUT2D eigenvalue weighted by Gasteiger charge is -2.27. The quantitative estimate of drug-likeness (QED) is 0.142. The highest BCUT2D eigenvalue weighted by Gasteiger charge is 2.30. The Bertz CT molecular complexity index is 1470. The number of halogens is 1. The number of rotatable bonds is 6. The van der Waals surface area contributed by atoms with Crippen LogP contribution in [0.3, 0.4) is 0 Å². The van der Waals surface area contributed by atoms with Crippen molar-refractivity contribution in [2.45, 2.75) is 6.92 Å². The van der Waals surface area contributed by atoms with Crippen molar-refractivity contribution in [2.75, 3.05) is 6.61 Å². The van der Waals surface area contributed by atoms with Gasteiger partial charge in [0.2, 0.25) is 0 Å². The van der Waals surface area contributed by atoms with Gasteiger partial charge in [-0.25, -0.2) is 9.78 Å². The van der Waals surface area contributed by atoms with Gasteiger partial charge in [0.25, 0.3) is 0 Å². The van der Waals surface area contributed by atoms with Gasteiger partial charge in [0.1, 0.15) is 10.7 Å². The van der Waals surface area contributed by atoms with E-state index < -0.39 is 13.0 Å². The van der Waals surface area contributed by atoms with Crippen molar-refractivity contribution in [3.8, 4) is 0 Å². The molecule has 0 radical (unpaired) electrons. The first-order chi connectivity index (χ1) is 17.6. The minimum Gasteiger partial charge on any atom is -0.462 e. The van der Waals surface area contributed by atoms with Crippen molar-refractivity contribution in [3.05, 3.63) is 126 Å². The molecule has 0 aliphatic heterocycles. The van der Waals surface area contributed by atoms with Gasteiger partial charge in [0.15, 0.2) is 0 Å². The van der Waals surface area contributed by atoms with E-state index in [0.717, 1.165) is 21.3 Å². The lowest BCUT2D eigenvalue weighted by atomic mass is 10.1. The fourth-order valence-electron chi connectivity index (χ4n) is 4.36. The summed E-state index contributed by atoms with van der Waals surface area (Å²) in [5.74, 6) is -0.535. The summed E-state index contributed by atoms with van der Waals surface area (Å²) in [6.45, 7) is 1.99. The SMILES string of the molecule is CCOC(=O)c1c(Cl)nc2ccccc2c1N=P(c1ccccc1)(c1ccccc1)c1ccccc1. The number of para-hydroxylation sites is 1. The van der Waals surface area contributed by atoms with Gasteiger partial charge < -0.3 is 4.74 Å². The third-order valence-corrected chi connectivity index (χ3v) is 9.85. The molecule has 1 heterocycles. The van der Waals surface area contributed by atoms with Crippen LogP contribution in [-0.2, 0) is 4.74 Å². The lowest BCUT2D eigenvalue weighted by molar-refractivity contribution is 0.0527. The highest BCUT2D eigenvalue weighted by molar-refractivity contribution is 7.87. The number of aromatic nitrogens is 1. The van der Waals surface area contributed by atoms with Gasteiger partial charge in [-0.2, -0.15) is 0 Å². The van der Waals surface area contributed by atoms with Crippen molar-refractivity contribution < 1.29 is 9.53 Å². The van der Waals surface area contributed by atoms with Crippen LogP contribution in [0, 0.1) is 0 Å². The molecule has 6 heteroatoms. The number of carbonyl (C=O) groups excluding carboxylic acids is 1. The number of fused-ring (bicyclic) bond motifs is 1. The maximum atomic E-state index is 13.2. The van der Waals surface area contributed by atoms with Crippen molar-refractivity contribution in [2.24, 2.45) is 4.74 Å². The van der Waals surface area contributed by atoms with Crippen molar-refractivity contribution in [1.82, 2.24) is 4.98 Å². The second kappa shape index (κ2) is 10.5. The van der Waals surface area contributed by atoms with Crippen molar-refractivity contribution >= 4 is 57.1 Å². The van der Waals surface area contributed by atoms with Crippen LogP contribution in [-0.4, -0.2) is 17.6 Å². The first kappa shape index (κ1) is 24.0. The van der Waals surface area contributed by atoms with Gasteiger partial charge in [-0.3, -0.25) is 4.74 Å². The zero-order valence-electron chi connectivity index (χ0n) is 19.7. The Morgan fingerprint density at radius 2 is 1.25 bits per heavy atom. The Labute approximate surface area is 215 Å². The second-order valence-electron chi connectivity index (χ2n) is 8.11. The summed E-state index contributed by atoms with van der Waals surface area (Å²) in [5, 5.41) is 4.02. The first-order valence-electron chi connectivity index (χ1n) is 11.7. The molecule has 0 aliphatic rings. The maximum absolute atomic E-state index is 13.2. The predicted molar refractivity (Wildman–Crippen MR) is 150 cm³/mol. The van der Waals surface area contributed by atoms with E-state index in [0.29, 0.717) is 11.2 Å². The number of esters is 1. The van der Waals surface area contributed by atoms with Gasteiger partial charge >= 0.3 is 5.97 Å². The Morgan fingerprint density at radius 1 is 0.778 bits per heavy atom. The maximum Gasteiger partial charge on any atom is 0.343 e. The van der Waals surface area contributed by atoms with E-state index in [9.17, 15) is 4.79 Å². The summed E-state index contributed by atoms with van der Waals surface area (Å²) < 4.78 is 11.0. The Balaban J connectivity index is 2.01. The molecule has 0 atom stereocenters. The largest absolute Gasteiger partial charge is 0.462 e. The molecule has 0 unspecified atom stereocenters. The van der Waals surface area contributed by atoms with Crippen molar-refractivity contribution in [3.63, 3.8) is 0 Å². The van der Waals surface area contributed by atoms with Crippen LogP contribution < -0.4 is 15.9 Å². The average Bonchev–Trinajstić information content (AvgIpc) is 2.93. The van der Waals surface area contributed by atoms with E-state index in [-0.39, 0.29) is 17.3 Å². The van der Waals surface area contributed by atoms with Gasteiger partial charge in [-0.05, 0) is 13.0 Å². The van der Waals surface area contributed by atoms with Crippen molar-refractivity contribution in [1.29, 1.82) is 0 Å². The van der Waals surface area contributed by atoms with Gasteiger partial charge in [0.05, 0.1) is 24.9 Å². The smallest absolute Gasteiger partial charge is 0.343 e. The molecule has 4 aromatic carbocycles. The number of benzene rings is 4. The molecular formula is C30H24ClN2O2P. The predicted octanol–water partition coefficient (Wildman–Crippen LogP) is 6.87. The molecule has 4 nitrogen and oxygen atoms in total. The molecule has 0 saturated heterocycles. The summed E-state index contributed by atoms with van der Waals surface area (Å²) in [5.41, 5.74) is 1.35. The van der Waals surface area contributed by atoms with E-state index in [4.69, 9.17) is 21.1 Å². The van der Waals surface area contributed by atoms with Gasteiger partial charge in [-0.1, -0.05) is 121 Å². The molecule has 5 rings (SSSR count). The molecule has 0 saturated carbocycles. The molecule has 0 N–H and O–H groups in total. The molecule has 1 aromatic heterocycles. The Kier molecular flexibility index (Phi) is 6.99. The highest BCUT2D eigenvalue weighted by Crippen LogP contribution is 2.51. The summed E-state index contributed by atoms with van der Waals surface area (Å²) in [6.07, 6.45) is 0. The molecule has 178 valence electrons. The third kappa shape index (κ3) is 4.35. The Hall–Kier alpha value is -3.72. The molecule has 0 spiro atoms. The summed E-state index contributed by atoms with van der Waals surface area (Å²) in [7, 11) is -2.65. The van der Waals surface area contributed by atoms with Crippen LogP contribution in [0.2, 0.25) is 5.15 Å². The fourth-order valence-corrected chi connectivity index (χ4v) is 8.17. The number of carbonyl (C=O) groups is 1. The van der Waals surface area contributed by atoms with Gasteiger partial charge in [0, 0.05) is 21.3 Å². The van der Waals surface area contributed by atoms with Crippen LogP contribution in [0.4, 0.5) is 5.69 Å². The van der Waals surface area contributed by atoms with Gasteiger partial charge in [-0.15, -0.1) is 0 Å². The zero-order valence-corrected chi connectivity index (χ0v) is 21.4. The highest BCUT2D eigenvalue weighted by atomic mass is 35.5. The monoisotopic (exact) mass is 510 g/mol. The number of hydrogen-bond acceptors (Lipinski definition) is 4. The van der Waals surface area contributed by atoms with Crippen LogP contribution in [0.25, 0.3) is 10.9 Å². The number of pyridine rings is 1. The van der Waals surface area contributed by atoms with Crippen LogP contribution in [0.1, 0.15) is 17.3 Å². The Morgan fingerprint density at radius 3 is 1.75 bits per heavy atom. The normalized spacial score (nSPS) is 11.3. The van der Waals surface area contributed by atoms with E-state index >= 15 is 0 Å². The fraction of sp³-hybridized carbons (Fsp3) is 0.0667. The van der Waals surface area contributed by atoms with E-state index in [1.54, 1.807) is 6.92 Å². The van der Waals surface area contributed by atoms with E-state index in [1.807, 2.05) is 78.9 Å². The summed E-state index contributed by atoms with van der Waals surface area (Å²) in [6, 6.07) is 38.4. The minimum atomic E-state index is -2.65. The third-order valence-electron chi connectivity index (χ3n) is 5.94.